The lowest BCUT2D eigenvalue weighted by molar-refractivity contribution is -0.121. The van der Waals surface area contributed by atoms with Crippen LogP contribution in [0.25, 0.3) is 0 Å². The van der Waals surface area contributed by atoms with E-state index in [1.165, 1.54) is 22.7 Å². The number of nitrogens with zero attached hydrogens (tertiary/aromatic N) is 1. The summed E-state index contributed by atoms with van der Waals surface area (Å²) < 4.78 is 0. The van der Waals surface area contributed by atoms with Crippen LogP contribution in [0.5, 0.6) is 0 Å². The van der Waals surface area contributed by atoms with Crippen LogP contribution in [0.2, 0.25) is 0 Å². The van der Waals surface area contributed by atoms with Crippen molar-refractivity contribution in [3.05, 3.63) is 33.5 Å². The topological polar surface area (TPSA) is 71.1 Å². The van der Waals surface area contributed by atoms with E-state index < -0.39 is 0 Å². The van der Waals surface area contributed by atoms with Crippen LogP contribution < -0.4 is 10.6 Å². The third kappa shape index (κ3) is 4.95. The molecule has 0 saturated heterocycles. The van der Waals surface area contributed by atoms with E-state index in [2.05, 4.69) is 15.6 Å². The smallest absolute Gasteiger partial charge is 0.267 e. The van der Waals surface area contributed by atoms with Gasteiger partial charge in [-0.15, -0.1) is 22.7 Å². The summed E-state index contributed by atoms with van der Waals surface area (Å²) in [5.74, 6) is -0.134. The predicted molar refractivity (Wildman–Crippen MR) is 86.0 cm³/mol. The van der Waals surface area contributed by atoms with Crippen LogP contribution in [0, 0.1) is 0 Å². The maximum atomic E-state index is 11.9. The number of nitrogens with one attached hydrogen (secondary N) is 2. The van der Waals surface area contributed by atoms with Crippen molar-refractivity contribution in [3.63, 3.8) is 0 Å². The Hall–Kier alpha value is -1.73. The van der Waals surface area contributed by atoms with Crippen LogP contribution in [0.3, 0.4) is 0 Å². The molecular weight excluding hydrogens is 306 g/mol. The summed E-state index contributed by atoms with van der Waals surface area (Å²) in [6, 6.07) is 3.75. The molecule has 2 aromatic rings. The van der Waals surface area contributed by atoms with Gasteiger partial charge in [0.1, 0.15) is 0 Å². The Bertz CT molecular complexity index is 606. The standard InChI is InChI=1S/C14H17N3O2S2/c1-9(2)15-12(18)6-5-10-8-21-14(16-10)17-13(19)11-4-3-7-20-11/h3-4,7-9H,5-6H2,1-2H3,(H,15,18)(H,16,17,19). The number of anilines is 1. The normalized spacial score (nSPS) is 10.6. The molecule has 2 aromatic heterocycles. The first-order valence-corrected chi connectivity index (χ1v) is 8.39. The molecule has 0 unspecified atom stereocenters. The first kappa shape index (κ1) is 15.7. The minimum absolute atomic E-state index is 0.0159. The molecule has 0 aliphatic carbocycles. The second-order valence-electron chi connectivity index (χ2n) is 4.80. The van der Waals surface area contributed by atoms with E-state index in [1.807, 2.05) is 30.7 Å². The Morgan fingerprint density at radius 2 is 2.14 bits per heavy atom. The Morgan fingerprint density at radius 1 is 1.33 bits per heavy atom. The van der Waals surface area contributed by atoms with E-state index in [-0.39, 0.29) is 17.9 Å². The minimum Gasteiger partial charge on any atom is -0.354 e. The molecule has 112 valence electrons. The van der Waals surface area contributed by atoms with Crippen LogP contribution in [-0.4, -0.2) is 22.8 Å². The van der Waals surface area contributed by atoms with Crippen molar-refractivity contribution < 1.29 is 9.59 Å². The molecule has 5 nitrogen and oxygen atoms in total. The molecule has 0 spiro atoms. The van der Waals surface area contributed by atoms with Gasteiger partial charge in [-0.25, -0.2) is 4.98 Å². The van der Waals surface area contributed by atoms with Gasteiger partial charge in [-0.1, -0.05) is 6.07 Å². The molecule has 0 aliphatic heterocycles. The zero-order valence-electron chi connectivity index (χ0n) is 11.9. The van der Waals surface area contributed by atoms with Gasteiger partial charge in [-0.2, -0.15) is 0 Å². The summed E-state index contributed by atoms with van der Waals surface area (Å²) in [5.41, 5.74) is 0.820. The molecule has 7 heteroatoms. The van der Waals surface area contributed by atoms with Crippen LogP contribution in [0.4, 0.5) is 5.13 Å². The van der Waals surface area contributed by atoms with Gasteiger partial charge in [-0.05, 0) is 31.7 Å². The molecule has 0 radical (unpaired) electrons. The monoisotopic (exact) mass is 323 g/mol. The maximum Gasteiger partial charge on any atom is 0.267 e. The predicted octanol–water partition coefficient (Wildman–Crippen LogP) is 2.91. The van der Waals surface area contributed by atoms with Crippen LogP contribution in [0.1, 0.15) is 35.6 Å². The lowest BCUT2D eigenvalue weighted by Crippen LogP contribution is -2.30. The Labute approximate surface area is 131 Å². The SMILES string of the molecule is CC(C)NC(=O)CCc1csc(NC(=O)c2cccs2)n1. The van der Waals surface area contributed by atoms with Gasteiger partial charge in [0, 0.05) is 17.8 Å². The van der Waals surface area contributed by atoms with Gasteiger partial charge in [0.05, 0.1) is 10.6 Å². The molecular formula is C14H17N3O2S2. The number of aromatic nitrogens is 1. The summed E-state index contributed by atoms with van der Waals surface area (Å²) in [6.07, 6.45) is 0.976. The summed E-state index contributed by atoms with van der Waals surface area (Å²) in [6.45, 7) is 3.86. The Balaban J connectivity index is 1.84. The van der Waals surface area contributed by atoms with E-state index in [4.69, 9.17) is 0 Å². The maximum absolute atomic E-state index is 11.9. The molecule has 2 rings (SSSR count). The fourth-order valence-electron chi connectivity index (χ4n) is 1.68. The molecule has 0 bridgehead atoms. The van der Waals surface area contributed by atoms with E-state index in [1.54, 1.807) is 6.07 Å². The number of amides is 2. The van der Waals surface area contributed by atoms with Crippen molar-refractivity contribution in [2.45, 2.75) is 32.7 Å². The quantitative estimate of drug-likeness (QED) is 0.858. The van der Waals surface area contributed by atoms with Crippen molar-refractivity contribution in [1.82, 2.24) is 10.3 Å². The average molecular weight is 323 g/mol. The third-order valence-corrected chi connectivity index (χ3v) is 4.25. The molecule has 0 atom stereocenters. The van der Waals surface area contributed by atoms with Gasteiger partial charge in [0.2, 0.25) is 5.91 Å². The largest absolute Gasteiger partial charge is 0.354 e. The highest BCUT2D eigenvalue weighted by molar-refractivity contribution is 7.14. The van der Waals surface area contributed by atoms with Gasteiger partial charge >= 0.3 is 0 Å². The lowest BCUT2D eigenvalue weighted by atomic mass is 10.2. The lowest BCUT2D eigenvalue weighted by Gasteiger charge is -2.06. The molecule has 21 heavy (non-hydrogen) atoms. The number of carbonyl (C=O) groups excluding carboxylic acids is 2. The zero-order chi connectivity index (χ0) is 15.2. The molecule has 2 N–H and O–H groups in total. The van der Waals surface area contributed by atoms with Gasteiger partial charge in [0.25, 0.3) is 5.91 Å². The molecule has 0 aromatic carbocycles. The second kappa shape index (κ2) is 7.33. The van der Waals surface area contributed by atoms with Gasteiger partial charge in [-0.3, -0.25) is 14.9 Å². The first-order chi connectivity index (χ1) is 10.0. The highest BCUT2D eigenvalue weighted by Gasteiger charge is 2.11. The first-order valence-electron chi connectivity index (χ1n) is 6.63. The van der Waals surface area contributed by atoms with Crippen LogP contribution in [-0.2, 0) is 11.2 Å². The Kier molecular flexibility index (Phi) is 5.46. The van der Waals surface area contributed by atoms with Gasteiger partial charge in [0.15, 0.2) is 5.13 Å². The second-order valence-corrected chi connectivity index (χ2v) is 6.60. The molecule has 0 aliphatic rings. The van der Waals surface area contributed by atoms with Gasteiger partial charge < -0.3 is 5.32 Å². The molecule has 0 saturated carbocycles. The van der Waals surface area contributed by atoms with Crippen molar-refractivity contribution in [2.24, 2.45) is 0 Å². The highest BCUT2D eigenvalue weighted by atomic mass is 32.1. The zero-order valence-corrected chi connectivity index (χ0v) is 13.5. The molecule has 0 fully saturated rings. The number of aryl methyl sites for hydroxylation is 1. The average Bonchev–Trinajstić information content (AvgIpc) is 3.06. The van der Waals surface area contributed by atoms with E-state index in [9.17, 15) is 9.59 Å². The molecule has 2 amide bonds. The highest BCUT2D eigenvalue weighted by Crippen LogP contribution is 2.18. The minimum atomic E-state index is -0.150. The van der Waals surface area contributed by atoms with Crippen molar-refractivity contribution in [2.75, 3.05) is 5.32 Å². The summed E-state index contributed by atoms with van der Waals surface area (Å²) >= 11 is 2.76. The Morgan fingerprint density at radius 3 is 2.81 bits per heavy atom. The summed E-state index contributed by atoms with van der Waals surface area (Å²) in [5, 5.41) is 9.89. The van der Waals surface area contributed by atoms with Crippen molar-refractivity contribution >= 4 is 39.6 Å². The van der Waals surface area contributed by atoms with Crippen LogP contribution >= 0.6 is 22.7 Å². The number of hydrogen-bond donors (Lipinski definition) is 2. The summed E-state index contributed by atoms with van der Waals surface area (Å²) in [7, 11) is 0. The van der Waals surface area contributed by atoms with Crippen molar-refractivity contribution in [3.8, 4) is 0 Å². The van der Waals surface area contributed by atoms with E-state index >= 15 is 0 Å². The van der Waals surface area contributed by atoms with E-state index in [0.29, 0.717) is 22.9 Å². The number of thiophene rings is 1. The van der Waals surface area contributed by atoms with Crippen LogP contribution in [0.15, 0.2) is 22.9 Å². The number of rotatable bonds is 6. The number of hydrogen-bond acceptors (Lipinski definition) is 5. The fraction of sp³-hybridized carbons (Fsp3) is 0.357. The number of thiazole rings is 1. The fourth-order valence-corrected chi connectivity index (χ4v) is 3.04. The van der Waals surface area contributed by atoms with E-state index in [0.717, 1.165) is 5.69 Å². The summed E-state index contributed by atoms with van der Waals surface area (Å²) in [4.78, 5) is 28.4. The third-order valence-electron chi connectivity index (χ3n) is 2.58. The number of carbonyl (C=O) groups is 2. The molecule has 2 heterocycles. The van der Waals surface area contributed by atoms with Crippen molar-refractivity contribution in [1.29, 1.82) is 0 Å².